The lowest BCUT2D eigenvalue weighted by Crippen LogP contribution is -2.35. The first-order chi connectivity index (χ1) is 13.0. The molecule has 2 aromatic rings. The molecule has 0 spiro atoms. The smallest absolute Gasteiger partial charge is 0.178 e. The van der Waals surface area contributed by atoms with Crippen LogP contribution in [0.15, 0.2) is 18.2 Å². The van der Waals surface area contributed by atoms with Crippen LogP contribution in [0.25, 0.3) is 0 Å². The summed E-state index contributed by atoms with van der Waals surface area (Å²) in [5.74, 6) is 1.74. The fourth-order valence-corrected chi connectivity index (χ4v) is 4.32. The lowest BCUT2D eigenvalue weighted by molar-refractivity contribution is 0.0920. The summed E-state index contributed by atoms with van der Waals surface area (Å²) in [4.78, 5) is 15.2. The van der Waals surface area contributed by atoms with Crippen molar-refractivity contribution >= 4 is 5.78 Å². The van der Waals surface area contributed by atoms with Crippen molar-refractivity contribution in [3.63, 3.8) is 0 Å². The maximum atomic E-state index is 13.0. The largest absolute Gasteiger partial charge is 0.493 e. The van der Waals surface area contributed by atoms with Gasteiger partial charge in [0.05, 0.1) is 20.8 Å². The van der Waals surface area contributed by atoms with Gasteiger partial charge in [-0.3, -0.25) is 9.69 Å². The van der Waals surface area contributed by atoms with Gasteiger partial charge < -0.3 is 14.0 Å². The van der Waals surface area contributed by atoms with Crippen LogP contribution in [0.4, 0.5) is 0 Å². The third-order valence-corrected chi connectivity index (χ3v) is 5.86. The molecule has 1 aromatic heterocycles. The van der Waals surface area contributed by atoms with E-state index in [0.717, 1.165) is 42.3 Å². The molecular formula is C22H28N2O3. The number of carbonyl (C=O) groups is 1. The summed E-state index contributed by atoms with van der Waals surface area (Å²) in [6.45, 7) is 6.31. The zero-order chi connectivity index (χ0) is 19.1. The SMILES string of the molecule is COc1cc2c(cc1OC)CN(CC(=O)c1cc(C)n(C3CC3)c1C)CC2. The lowest BCUT2D eigenvalue weighted by atomic mass is 9.98. The molecule has 1 aliphatic heterocycles. The Bertz CT molecular complexity index is 880. The molecule has 0 unspecified atom stereocenters. The van der Waals surface area contributed by atoms with E-state index in [4.69, 9.17) is 9.47 Å². The molecule has 5 nitrogen and oxygen atoms in total. The number of ketones is 1. The van der Waals surface area contributed by atoms with E-state index in [1.165, 1.54) is 29.7 Å². The summed E-state index contributed by atoms with van der Waals surface area (Å²) >= 11 is 0. The summed E-state index contributed by atoms with van der Waals surface area (Å²) in [5, 5.41) is 0. The predicted molar refractivity (Wildman–Crippen MR) is 105 cm³/mol. The van der Waals surface area contributed by atoms with Gasteiger partial charge in [-0.15, -0.1) is 0 Å². The molecule has 0 radical (unpaired) electrons. The second-order valence-corrected chi connectivity index (χ2v) is 7.75. The molecule has 5 heteroatoms. The average Bonchev–Trinajstić information content (AvgIpc) is 3.45. The molecule has 144 valence electrons. The normalized spacial score (nSPS) is 16.9. The standard InChI is InChI=1S/C22H28N2O3/c1-14-9-19(15(2)24(14)18-5-6-18)20(25)13-23-8-7-16-10-21(26-3)22(27-4)11-17(16)12-23/h9-11,18H,5-8,12-13H2,1-4H3. The number of hydrogen-bond acceptors (Lipinski definition) is 4. The first kappa shape index (κ1) is 18.1. The minimum absolute atomic E-state index is 0.221. The first-order valence-electron chi connectivity index (χ1n) is 9.69. The molecule has 1 saturated carbocycles. The van der Waals surface area contributed by atoms with Crippen molar-refractivity contribution in [3.05, 3.63) is 46.3 Å². The Morgan fingerprint density at radius 2 is 1.74 bits per heavy atom. The maximum Gasteiger partial charge on any atom is 0.178 e. The second-order valence-electron chi connectivity index (χ2n) is 7.75. The molecule has 4 rings (SSSR count). The predicted octanol–water partition coefficient (Wildman–Crippen LogP) is 3.70. The number of hydrogen-bond donors (Lipinski definition) is 0. The summed E-state index contributed by atoms with van der Waals surface area (Å²) in [5.41, 5.74) is 5.72. The minimum atomic E-state index is 0.221. The van der Waals surface area contributed by atoms with Crippen LogP contribution in [0.2, 0.25) is 0 Å². The van der Waals surface area contributed by atoms with Gasteiger partial charge in [-0.05, 0) is 62.4 Å². The Hall–Kier alpha value is -2.27. The van der Waals surface area contributed by atoms with Gasteiger partial charge in [0.25, 0.3) is 0 Å². The zero-order valence-electron chi connectivity index (χ0n) is 16.7. The number of nitrogens with zero attached hydrogens (tertiary/aromatic N) is 2. The number of rotatable bonds is 6. The Labute approximate surface area is 160 Å². The Kier molecular flexibility index (Phi) is 4.72. The van der Waals surface area contributed by atoms with Crippen LogP contribution in [0.3, 0.4) is 0 Å². The zero-order valence-corrected chi connectivity index (χ0v) is 16.7. The molecule has 1 aromatic carbocycles. The van der Waals surface area contributed by atoms with Crippen LogP contribution in [0.1, 0.15) is 51.8 Å². The van der Waals surface area contributed by atoms with Crippen molar-refractivity contribution in [2.75, 3.05) is 27.3 Å². The summed E-state index contributed by atoms with van der Waals surface area (Å²) in [6, 6.07) is 6.79. The molecular weight excluding hydrogens is 340 g/mol. The van der Waals surface area contributed by atoms with Gasteiger partial charge in [-0.1, -0.05) is 0 Å². The quantitative estimate of drug-likeness (QED) is 0.730. The minimum Gasteiger partial charge on any atom is -0.493 e. The fraction of sp³-hybridized carbons (Fsp3) is 0.500. The van der Waals surface area contributed by atoms with Gasteiger partial charge in [0.2, 0.25) is 0 Å². The van der Waals surface area contributed by atoms with E-state index in [2.05, 4.69) is 35.4 Å². The average molecular weight is 368 g/mol. The highest BCUT2D eigenvalue weighted by Crippen LogP contribution is 2.38. The molecule has 0 amide bonds. The fourth-order valence-electron chi connectivity index (χ4n) is 4.32. The van der Waals surface area contributed by atoms with Gasteiger partial charge in [-0.25, -0.2) is 0 Å². The van der Waals surface area contributed by atoms with Crippen LogP contribution < -0.4 is 9.47 Å². The van der Waals surface area contributed by atoms with E-state index >= 15 is 0 Å². The summed E-state index contributed by atoms with van der Waals surface area (Å²) < 4.78 is 13.2. The first-order valence-corrected chi connectivity index (χ1v) is 9.69. The van der Waals surface area contributed by atoms with Crippen LogP contribution in [0, 0.1) is 13.8 Å². The van der Waals surface area contributed by atoms with Gasteiger partial charge in [-0.2, -0.15) is 0 Å². The van der Waals surface area contributed by atoms with E-state index in [0.29, 0.717) is 12.6 Å². The third-order valence-electron chi connectivity index (χ3n) is 5.86. The van der Waals surface area contributed by atoms with Crippen LogP contribution in [0.5, 0.6) is 11.5 Å². The number of ether oxygens (including phenoxy) is 2. The molecule has 1 fully saturated rings. The molecule has 2 heterocycles. The van der Waals surface area contributed by atoms with Gasteiger partial charge >= 0.3 is 0 Å². The highest BCUT2D eigenvalue weighted by atomic mass is 16.5. The Morgan fingerprint density at radius 3 is 2.37 bits per heavy atom. The van der Waals surface area contributed by atoms with Crippen LogP contribution in [-0.4, -0.2) is 42.6 Å². The summed E-state index contributed by atoms with van der Waals surface area (Å²) in [7, 11) is 3.32. The molecule has 1 aliphatic carbocycles. The van der Waals surface area contributed by atoms with Gasteiger partial charge in [0.15, 0.2) is 17.3 Å². The van der Waals surface area contributed by atoms with E-state index in [1.807, 2.05) is 6.07 Å². The van der Waals surface area contributed by atoms with Crippen LogP contribution >= 0.6 is 0 Å². The molecule has 2 aliphatic rings. The number of fused-ring (bicyclic) bond motifs is 1. The highest BCUT2D eigenvalue weighted by molar-refractivity contribution is 5.99. The maximum absolute atomic E-state index is 13.0. The van der Waals surface area contributed by atoms with Gasteiger partial charge in [0, 0.05) is 36.1 Å². The third kappa shape index (κ3) is 3.36. The molecule has 0 atom stereocenters. The van der Waals surface area contributed by atoms with E-state index < -0.39 is 0 Å². The number of carbonyl (C=O) groups excluding carboxylic acids is 1. The van der Waals surface area contributed by atoms with Crippen molar-refractivity contribution < 1.29 is 14.3 Å². The van der Waals surface area contributed by atoms with Crippen molar-refractivity contribution in [2.24, 2.45) is 0 Å². The lowest BCUT2D eigenvalue weighted by Gasteiger charge is -2.29. The summed E-state index contributed by atoms with van der Waals surface area (Å²) in [6.07, 6.45) is 3.39. The van der Waals surface area contributed by atoms with Crippen molar-refractivity contribution in [3.8, 4) is 11.5 Å². The van der Waals surface area contributed by atoms with E-state index in [1.54, 1.807) is 14.2 Å². The number of methoxy groups -OCH3 is 2. The number of aryl methyl sites for hydroxylation is 1. The van der Waals surface area contributed by atoms with Crippen LogP contribution in [-0.2, 0) is 13.0 Å². The molecule has 27 heavy (non-hydrogen) atoms. The number of Topliss-reactive ketones (excluding diaryl/α,β-unsaturated/α-hetero) is 1. The Morgan fingerprint density at radius 1 is 1.07 bits per heavy atom. The van der Waals surface area contributed by atoms with E-state index in [9.17, 15) is 4.79 Å². The second kappa shape index (κ2) is 7.04. The van der Waals surface area contributed by atoms with E-state index in [-0.39, 0.29) is 5.78 Å². The molecule has 0 saturated heterocycles. The van der Waals surface area contributed by atoms with Gasteiger partial charge in [0.1, 0.15) is 0 Å². The Balaban J connectivity index is 1.50. The van der Waals surface area contributed by atoms with Crippen molar-refractivity contribution in [1.82, 2.24) is 9.47 Å². The highest BCUT2D eigenvalue weighted by Gasteiger charge is 2.29. The van der Waals surface area contributed by atoms with Crippen molar-refractivity contribution in [1.29, 1.82) is 0 Å². The topological polar surface area (TPSA) is 43.7 Å². The molecule has 0 N–H and O–H groups in total. The van der Waals surface area contributed by atoms with Crippen molar-refractivity contribution in [2.45, 2.75) is 45.7 Å². The molecule has 0 bridgehead atoms. The monoisotopic (exact) mass is 368 g/mol. The number of aromatic nitrogens is 1. The number of benzene rings is 1.